The quantitative estimate of drug-likeness (QED) is 0.416. The van der Waals surface area contributed by atoms with Crippen molar-refractivity contribution < 1.29 is 4.79 Å². The Kier molecular flexibility index (Phi) is 10.6. The monoisotopic (exact) mass is 256 g/mol. The number of amides is 1. The van der Waals surface area contributed by atoms with E-state index in [-0.39, 0.29) is 5.91 Å². The Balaban J connectivity index is 0.000000411. The number of carbonyl (C=O) groups excluding carboxylic acids is 1. The molecule has 18 heavy (non-hydrogen) atoms. The highest BCUT2D eigenvalue weighted by Gasteiger charge is 2.21. The van der Waals surface area contributed by atoms with Gasteiger partial charge in [-0.25, -0.2) is 5.01 Å². The summed E-state index contributed by atoms with van der Waals surface area (Å²) in [5.74, 6) is 5.13. The zero-order valence-corrected chi connectivity index (χ0v) is 12.0. The fourth-order valence-electron chi connectivity index (χ4n) is 1.48. The summed E-state index contributed by atoms with van der Waals surface area (Å²) in [5.41, 5.74) is 3.59. The minimum atomic E-state index is 0.167. The molecule has 5 nitrogen and oxygen atoms in total. The molecule has 1 heterocycles. The third kappa shape index (κ3) is 7.40. The lowest BCUT2D eigenvalue weighted by Crippen LogP contribution is -2.22. The van der Waals surface area contributed by atoms with Gasteiger partial charge in [-0.2, -0.15) is 5.10 Å². The van der Waals surface area contributed by atoms with E-state index >= 15 is 0 Å². The second kappa shape index (κ2) is 11.2. The molecular weight excluding hydrogens is 228 g/mol. The highest BCUT2D eigenvalue weighted by atomic mass is 16.2. The van der Waals surface area contributed by atoms with E-state index in [4.69, 9.17) is 5.84 Å². The number of nitrogens with one attached hydrogen (secondary N) is 1. The Morgan fingerprint density at radius 1 is 1.28 bits per heavy atom. The number of hydrogen-bond acceptors (Lipinski definition) is 4. The predicted octanol–water partition coefficient (Wildman–Crippen LogP) is 2.03. The van der Waals surface area contributed by atoms with Crippen LogP contribution in [0.3, 0.4) is 0 Å². The van der Waals surface area contributed by atoms with Crippen molar-refractivity contribution in [2.75, 3.05) is 13.1 Å². The summed E-state index contributed by atoms with van der Waals surface area (Å²) in [6.07, 6.45) is 5.99. The van der Waals surface area contributed by atoms with Crippen LogP contribution < -0.4 is 11.3 Å². The average Bonchev–Trinajstić information content (AvgIpc) is 2.75. The largest absolute Gasteiger partial charge is 0.273 e. The van der Waals surface area contributed by atoms with E-state index in [1.54, 1.807) is 5.01 Å². The van der Waals surface area contributed by atoms with Gasteiger partial charge in [0.1, 0.15) is 0 Å². The van der Waals surface area contributed by atoms with E-state index < -0.39 is 0 Å². The van der Waals surface area contributed by atoms with Crippen LogP contribution in [0.25, 0.3) is 0 Å². The lowest BCUT2D eigenvalue weighted by atomic mass is 10.2. The highest BCUT2D eigenvalue weighted by Crippen LogP contribution is 2.10. The highest BCUT2D eigenvalue weighted by molar-refractivity contribution is 6.04. The zero-order chi connectivity index (χ0) is 13.8. The topological polar surface area (TPSA) is 70.7 Å². The third-order valence-corrected chi connectivity index (χ3v) is 2.71. The van der Waals surface area contributed by atoms with Gasteiger partial charge in [0, 0.05) is 18.8 Å². The second-order valence-electron chi connectivity index (χ2n) is 4.37. The summed E-state index contributed by atoms with van der Waals surface area (Å²) in [6, 6.07) is 0. The molecule has 0 bridgehead atoms. The zero-order valence-electron chi connectivity index (χ0n) is 12.0. The van der Waals surface area contributed by atoms with E-state index in [9.17, 15) is 4.79 Å². The van der Waals surface area contributed by atoms with Crippen LogP contribution in [0.1, 0.15) is 59.3 Å². The molecule has 0 saturated heterocycles. The summed E-state index contributed by atoms with van der Waals surface area (Å²) in [5, 5.41) is 5.84. The van der Waals surface area contributed by atoms with Crippen molar-refractivity contribution in [2.45, 2.75) is 59.3 Å². The van der Waals surface area contributed by atoms with Crippen LogP contribution in [0.15, 0.2) is 5.10 Å². The number of hydrazone groups is 1. The number of hydrogen-bond donors (Lipinski definition) is 2. The molecule has 1 aliphatic rings. The molecule has 0 spiro atoms. The van der Waals surface area contributed by atoms with Gasteiger partial charge in [0.05, 0.1) is 6.42 Å². The molecule has 1 amide bonds. The van der Waals surface area contributed by atoms with Gasteiger partial charge in [-0.15, -0.1) is 0 Å². The lowest BCUT2D eigenvalue weighted by Gasteiger charge is -2.09. The van der Waals surface area contributed by atoms with Gasteiger partial charge in [0.25, 0.3) is 0 Å². The van der Waals surface area contributed by atoms with Gasteiger partial charge < -0.3 is 0 Å². The summed E-state index contributed by atoms with van der Waals surface area (Å²) >= 11 is 0. The predicted molar refractivity (Wildman–Crippen MR) is 76.1 cm³/mol. The van der Waals surface area contributed by atoms with Crippen LogP contribution in [0, 0.1) is 0 Å². The van der Waals surface area contributed by atoms with Gasteiger partial charge in [0.2, 0.25) is 5.91 Å². The van der Waals surface area contributed by atoms with Gasteiger partial charge in [-0.1, -0.05) is 33.6 Å². The van der Waals surface area contributed by atoms with Gasteiger partial charge in [0.15, 0.2) is 0 Å². The average molecular weight is 256 g/mol. The van der Waals surface area contributed by atoms with Gasteiger partial charge in [-0.05, 0) is 19.3 Å². The van der Waals surface area contributed by atoms with Crippen molar-refractivity contribution in [1.29, 1.82) is 0 Å². The molecule has 0 aromatic rings. The smallest absolute Gasteiger partial charge is 0.248 e. The number of hydrazine groups is 1. The maximum atomic E-state index is 11.3. The van der Waals surface area contributed by atoms with Crippen molar-refractivity contribution in [2.24, 2.45) is 10.9 Å². The summed E-state index contributed by atoms with van der Waals surface area (Å²) in [4.78, 5) is 11.3. The number of carbonyl (C=O) groups is 1. The Labute approximate surface area is 111 Å². The van der Waals surface area contributed by atoms with Gasteiger partial charge >= 0.3 is 0 Å². The van der Waals surface area contributed by atoms with Crippen molar-refractivity contribution in [1.82, 2.24) is 10.4 Å². The molecular formula is C13H28N4O. The van der Waals surface area contributed by atoms with Crippen molar-refractivity contribution >= 4 is 11.6 Å². The molecule has 3 N–H and O–H groups in total. The molecule has 5 heteroatoms. The van der Waals surface area contributed by atoms with Crippen LogP contribution in [0.5, 0.6) is 0 Å². The van der Waals surface area contributed by atoms with E-state index in [2.05, 4.69) is 24.4 Å². The molecule has 0 saturated carbocycles. The Morgan fingerprint density at radius 2 is 1.94 bits per heavy atom. The summed E-state index contributed by atoms with van der Waals surface area (Å²) in [7, 11) is 0. The molecule has 0 radical (unpaired) electrons. The number of nitrogens with zero attached hydrogens (tertiary/aromatic N) is 2. The molecule has 1 rings (SSSR count). The van der Waals surface area contributed by atoms with Crippen molar-refractivity contribution in [3.05, 3.63) is 0 Å². The normalized spacial score (nSPS) is 14.3. The van der Waals surface area contributed by atoms with Crippen LogP contribution in [-0.2, 0) is 4.79 Å². The fourth-order valence-corrected chi connectivity index (χ4v) is 1.48. The number of unbranched alkanes of at least 4 members (excludes halogenated alkanes) is 2. The van der Waals surface area contributed by atoms with E-state index in [1.165, 1.54) is 12.8 Å². The molecule has 0 aromatic heterocycles. The van der Waals surface area contributed by atoms with Crippen LogP contribution in [0.4, 0.5) is 0 Å². The van der Waals surface area contributed by atoms with E-state index in [0.29, 0.717) is 6.42 Å². The lowest BCUT2D eigenvalue weighted by molar-refractivity contribution is -0.128. The minimum absolute atomic E-state index is 0.167. The Hall–Kier alpha value is -0.940. The standard InChI is InChI=1S/C9H16N2O.C4H12N2/c1-3-5-6-11-9(12)7-8(4-2)10-11;1-2-3-4-6-5/h3-7H2,1-2H3;6H,2-5H2,1H3. The van der Waals surface area contributed by atoms with Gasteiger partial charge in [-0.3, -0.25) is 16.1 Å². The third-order valence-electron chi connectivity index (χ3n) is 2.71. The molecule has 0 atom stereocenters. The molecule has 0 fully saturated rings. The SMILES string of the molecule is CCCCN1N=C(CC)CC1=O.CCCCNN. The van der Waals surface area contributed by atoms with E-state index in [0.717, 1.165) is 38.1 Å². The fraction of sp³-hybridized carbons (Fsp3) is 0.846. The number of nitrogens with two attached hydrogens (primary N) is 1. The van der Waals surface area contributed by atoms with Crippen molar-refractivity contribution in [3.63, 3.8) is 0 Å². The van der Waals surface area contributed by atoms with Crippen LogP contribution in [-0.4, -0.2) is 29.7 Å². The number of rotatable bonds is 7. The second-order valence-corrected chi connectivity index (χ2v) is 4.37. The van der Waals surface area contributed by atoms with Crippen molar-refractivity contribution in [3.8, 4) is 0 Å². The first kappa shape index (κ1) is 17.1. The summed E-state index contributed by atoms with van der Waals surface area (Å²) < 4.78 is 0. The Morgan fingerprint density at radius 3 is 2.33 bits per heavy atom. The maximum Gasteiger partial charge on any atom is 0.248 e. The first-order valence-electron chi connectivity index (χ1n) is 6.99. The van der Waals surface area contributed by atoms with Crippen LogP contribution >= 0.6 is 0 Å². The first-order chi connectivity index (χ1) is 8.69. The molecule has 0 aliphatic carbocycles. The minimum Gasteiger partial charge on any atom is -0.273 e. The van der Waals surface area contributed by atoms with Crippen LogP contribution in [0.2, 0.25) is 0 Å². The van der Waals surface area contributed by atoms with E-state index in [1.807, 2.05) is 6.92 Å². The summed E-state index contributed by atoms with van der Waals surface area (Å²) in [6.45, 7) is 8.02. The maximum absolute atomic E-state index is 11.3. The first-order valence-corrected chi connectivity index (χ1v) is 6.99. The molecule has 0 aromatic carbocycles. The molecule has 1 aliphatic heterocycles. The molecule has 106 valence electrons. The Bertz CT molecular complexity index is 249. The molecule has 0 unspecified atom stereocenters.